The zero-order valence-electron chi connectivity index (χ0n) is 9.49. The van der Waals surface area contributed by atoms with Crippen LogP contribution < -0.4 is 4.74 Å². The Bertz CT molecular complexity index is 336. The van der Waals surface area contributed by atoms with Crippen LogP contribution in [0.5, 0.6) is 5.75 Å². The smallest absolute Gasteiger partial charge is 0.253 e. The van der Waals surface area contributed by atoms with Crippen LogP contribution in [-0.2, 0) is 0 Å². The molecule has 3 heteroatoms. The van der Waals surface area contributed by atoms with Crippen molar-refractivity contribution in [3.05, 3.63) is 29.8 Å². The van der Waals surface area contributed by atoms with Crippen molar-refractivity contribution in [3.8, 4) is 5.75 Å². The minimum absolute atomic E-state index is 0.0377. The van der Waals surface area contributed by atoms with E-state index in [1.165, 1.54) is 0 Å². The average molecular weight is 207 g/mol. The van der Waals surface area contributed by atoms with Gasteiger partial charge in [-0.2, -0.15) is 0 Å². The number of amides is 1. The van der Waals surface area contributed by atoms with Gasteiger partial charge in [0.2, 0.25) is 0 Å². The van der Waals surface area contributed by atoms with E-state index in [-0.39, 0.29) is 5.91 Å². The van der Waals surface area contributed by atoms with Gasteiger partial charge < -0.3 is 9.64 Å². The minimum Gasteiger partial charge on any atom is -0.497 e. The summed E-state index contributed by atoms with van der Waals surface area (Å²) >= 11 is 0. The Morgan fingerprint density at radius 2 is 2.20 bits per heavy atom. The van der Waals surface area contributed by atoms with Crippen molar-refractivity contribution in [3.63, 3.8) is 0 Å². The van der Waals surface area contributed by atoms with E-state index < -0.39 is 0 Å². The number of nitrogens with zero attached hydrogens (tertiary/aromatic N) is 1. The highest BCUT2D eigenvalue weighted by molar-refractivity contribution is 5.94. The molecule has 1 amide bonds. The van der Waals surface area contributed by atoms with E-state index in [0.29, 0.717) is 11.3 Å². The van der Waals surface area contributed by atoms with Crippen molar-refractivity contribution < 1.29 is 9.53 Å². The van der Waals surface area contributed by atoms with Crippen LogP contribution in [0.25, 0.3) is 0 Å². The first kappa shape index (κ1) is 11.6. The van der Waals surface area contributed by atoms with Gasteiger partial charge in [0, 0.05) is 19.2 Å². The van der Waals surface area contributed by atoms with Crippen molar-refractivity contribution in [1.82, 2.24) is 4.90 Å². The lowest BCUT2D eigenvalue weighted by Crippen LogP contribution is -2.27. The molecule has 0 heterocycles. The second-order valence-corrected chi connectivity index (χ2v) is 3.46. The first-order chi connectivity index (χ1) is 7.19. The summed E-state index contributed by atoms with van der Waals surface area (Å²) in [7, 11) is 3.41. The van der Waals surface area contributed by atoms with E-state index in [2.05, 4.69) is 6.92 Å². The molecule has 0 N–H and O–H groups in total. The number of carbonyl (C=O) groups is 1. The molecule has 1 rings (SSSR count). The fourth-order valence-corrected chi connectivity index (χ4v) is 1.41. The number of benzene rings is 1. The van der Waals surface area contributed by atoms with Crippen LogP contribution >= 0.6 is 0 Å². The van der Waals surface area contributed by atoms with E-state index in [1.807, 2.05) is 19.2 Å². The molecule has 1 aromatic rings. The molecule has 0 radical (unpaired) electrons. The Morgan fingerprint density at radius 3 is 2.80 bits per heavy atom. The van der Waals surface area contributed by atoms with Gasteiger partial charge in [-0.25, -0.2) is 0 Å². The highest BCUT2D eigenvalue weighted by atomic mass is 16.5. The number of rotatable bonds is 4. The lowest BCUT2D eigenvalue weighted by Gasteiger charge is -2.16. The zero-order valence-corrected chi connectivity index (χ0v) is 9.49. The number of hydrogen-bond acceptors (Lipinski definition) is 2. The maximum absolute atomic E-state index is 11.9. The predicted molar refractivity (Wildman–Crippen MR) is 60.2 cm³/mol. The monoisotopic (exact) mass is 207 g/mol. The summed E-state index contributed by atoms with van der Waals surface area (Å²) in [6.45, 7) is 2.82. The molecular weight excluding hydrogens is 190 g/mol. The first-order valence-corrected chi connectivity index (χ1v) is 5.08. The summed E-state index contributed by atoms with van der Waals surface area (Å²) in [6, 6.07) is 7.22. The van der Waals surface area contributed by atoms with Crippen LogP contribution in [0, 0.1) is 0 Å². The van der Waals surface area contributed by atoms with Crippen LogP contribution in [-0.4, -0.2) is 31.5 Å². The Morgan fingerprint density at radius 1 is 1.47 bits per heavy atom. The topological polar surface area (TPSA) is 29.5 Å². The third-order valence-corrected chi connectivity index (χ3v) is 2.22. The third kappa shape index (κ3) is 2.98. The molecule has 0 saturated carbocycles. The molecule has 0 saturated heterocycles. The molecule has 3 nitrogen and oxygen atoms in total. The largest absolute Gasteiger partial charge is 0.497 e. The molecule has 0 bridgehead atoms. The Balaban J connectivity index is 2.81. The molecule has 0 fully saturated rings. The maximum Gasteiger partial charge on any atom is 0.253 e. The molecule has 15 heavy (non-hydrogen) atoms. The molecular formula is C12H17NO2. The fraction of sp³-hybridized carbons (Fsp3) is 0.417. The van der Waals surface area contributed by atoms with Gasteiger partial charge in [-0.15, -0.1) is 0 Å². The van der Waals surface area contributed by atoms with Crippen molar-refractivity contribution in [1.29, 1.82) is 0 Å². The van der Waals surface area contributed by atoms with Gasteiger partial charge in [-0.3, -0.25) is 4.79 Å². The highest BCUT2D eigenvalue weighted by Gasteiger charge is 2.10. The van der Waals surface area contributed by atoms with E-state index in [0.717, 1.165) is 13.0 Å². The molecule has 0 aromatic heterocycles. The summed E-state index contributed by atoms with van der Waals surface area (Å²) < 4.78 is 5.07. The van der Waals surface area contributed by atoms with Crippen LogP contribution in [0.4, 0.5) is 0 Å². The predicted octanol–water partition coefficient (Wildman–Crippen LogP) is 2.18. The normalized spacial score (nSPS) is 9.80. The van der Waals surface area contributed by atoms with Gasteiger partial charge in [-0.05, 0) is 24.6 Å². The third-order valence-electron chi connectivity index (χ3n) is 2.22. The molecule has 0 aliphatic rings. The van der Waals surface area contributed by atoms with Crippen LogP contribution in [0.3, 0.4) is 0 Å². The van der Waals surface area contributed by atoms with Gasteiger partial charge in [0.25, 0.3) is 5.91 Å². The fourth-order valence-electron chi connectivity index (χ4n) is 1.41. The van der Waals surface area contributed by atoms with Crippen LogP contribution in [0.15, 0.2) is 24.3 Å². The first-order valence-electron chi connectivity index (χ1n) is 5.08. The van der Waals surface area contributed by atoms with Crippen molar-refractivity contribution >= 4 is 5.91 Å². The average Bonchev–Trinajstić information content (AvgIpc) is 2.28. The van der Waals surface area contributed by atoms with Crippen LogP contribution in [0.1, 0.15) is 23.7 Å². The van der Waals surface area contributed by atoms with Gasteiger partial charge in [0.05, 0.1) is 7.11 Å². The van der Waals surface area contributed by atoms with Crippen molar-refractivity contribution in [2.45, 2.75) is 13.3 Å². The number of methoxy groups -OCH3 is 1. The zero-order chi connectivity index (χ0) is 11.3. The van der Waals surface area contributed by atoms with Gasteiger partial charge >= 0.3 is 0 Å². The lowest BCUT2D eigenvalue weighted by atomic mass is 10.2. The van der Waals surface area contributed by atoms with Gasteiger partial charge in [0.1, 0.15) is 5.75 Å². The Hall–Kier alpha value is -1.51. The summed E-state index contributed by atoms with van der Waals surface area (Å²) in [4.78, 5) is 13.6. The molecule has 0 atom stereocenters. The maximum atomic E-state index is 11.9. The van der Waals surface area contributed by atoms with E-state index in [4.69, 9.17) is 4.74 Å². The Labute approximate surface area is 90.7 Å². The molecule has 0 aliphatic heterocycles. The number of ether oxygens (including phenoxy) is 1. The Kier molecular flexibility index (Phi) is 4.16. The number of hydrogen-bond donors (Lipinski definition) is 0. The second kappa shape index (κ2) is 5.39. The van der Waals surface area contributed by atoms with Crippen molar-refractivity contribution in [2.24, 2.45) is 0 Å². The summed E-state index contributed by atoms with van der Waals surface area (Å²) in [5.41, 5.74) is 0.672. The molecule has 1 aromatic carbocycles. The minimum atomic E-state index is 0.0377. The lowest BCUT2D eigenvalue weighted by molar-refractivity contribution is 0.0795. The van der Waals surface area contributed by atoms with Gasteiger partial charge in [0.15, 0.2) is 0 Å². The second-order valence-electron chi connectivity index (χ2n) is 3.46. The molecule has 0 aliphatic carbocycles. The SMILES string of the molecule is CCCN(C)C(=O)c1cccc(OC)c1. The molecule has 0 spiro atoms. The van der Waals surface area contributed by atoms with E-state index in [1.54, 1.807) is 24.1 Å². The quantitative estimate of drug-likeness (QED) is 0.757. The van der Waals surface area contributed by atoms with E-state index >= 15 is 0 Å². The van der Waals surface area contributed by atoms with Gasteiger partial charge in [-0.1, -0.05) is 13.0 Å². The summed E-state index contributed by atoms with van der Waals surface area (Å²) in [6.07, 6.45) is 0.964. The summed E-state index contributed by atoms with van der Waals surface area (Å²) in [5, 5.41) is 0. The summed E-state index contributed by atoms with van der Waals surface area (Å²) in [5.74, 6) is 0.751. The molecule has 0 unspecified atom stereocenters. The standard InChI is InChI=1S/C12H17NO2/c1-4-8-13(2)12(14)10-6-5-7-11(9-10)15-3/h5-7,9H,4,8H2,1-3H3. The molecule has 82 valence electrons. The number of carbonyl (C=O) groups excluding carboxylic acids is 1. The van der Waals surface area contributed by atoms with E-state index in [9.17, 15) is 4.79 Å². The van der Waals surface area contributed by atoms with Crippen molar-refractivity contribution in [2.75, 3.05) is 20.7 Å². The highest BCUT2D eigenvalue weighted by Crippen LogP contribution is 2.13. The van der Waals surface area contributed by atoms with Crippen LogP contribution in [0.2, 0.25) is 0 Å².